The van der Waals surface area contributed by atoms with Gasteiger partial charge in [0.15, 0.2) is 5.82 Å². The van der Waals surface area contributed by atoms with Crippen molar-refractivity contribution in [2.24, 2.45) is 0 Å². The predicted octanol–water partition coefficient (Wildman–Crippen LogP) is 4.18. The van der Waals surface area contributed by atoms with E-state index in [1.54, 1.807) is 0 Å². The number of nitrogens with one attached hydrogen (secondary N) is 1. The summed E-state index contributed by atoms with van der Waals surface area (Å²) < 4.78 is 6.30. The zero-order chi connectivity index (χ0) is 14.0. The lowest BCUT2D eigenvalue weighted by Crippen LogP contribution is -2.02. The Morgan fingerprint density at radius 3 is 2.63 bits per heavy atom. The SMILES string of the molecule is Cc1cc(C)c(NCc2nc(C(C)C)no2)cc1Br. The molecule has 0 aliphatic heterocycles. The van der Waals surface area contributed by atoms with Gasteiger partial charge in [-0.25, -0.2) is 0 Å². The monoisotopic (exact) mass is 323 g/mol. The molecule has 1 N–H and O–H groups in total. The number of anilines is 1. The van der Waals surface area contributed by atoms with E-state index in [0.29, 0.717) is 12.4 Å². The maximum atomic E-state index is 5.21. The first-order valence-electron chi connectivity index (χ1n) is 6.30. The molecule has 0 atom stereocenters. The lowest BCUT2D eigenvalue weighted by molar-refractivity contribution is 0.376. The van der Waals surface area contributed by atoms with Crippen molar-refractivity contribution in [2.75, 3.05) is 5.32 Å². The van der Waals surface area contributed by atoms with Crippen molar-refractivity contribution >= 4 is 21.6 Å². The first-order valence-corrected chi connectivity index (χ1v) is 7.09. The number of rotatable bonds is 4. The molecule has 0 aliphatic rings. The van der Waals surface area contributed by atoms with E-state index in [4.69, 9.17) is 4.52 Å². The fourth-order valence-corrected chi connectivity index (χ4v) is 2.10. The highest BCUT2D eigenvalue weighted by Crippen LogP contribution is 2.25. The second kappa shape index (κ2) is 5.74. The minimum Gasteiger partial charge on any atom is -0.376 e. The van der Waals surface area contributed by atoms with Crippen LogP contribution in [0.2, 0.25) is 0 Å². The van der Waals surface area contributed by atoms with Crippen LogP contribution in [-0.2, 0) is 6.54 Å². The smallest absolute Gasteiger partial charge is 0.245 e. The summed E-state index contributed by atoms with van der Waals surface area (Å²) in [6.07, 6.45) is 0. The Kier molecular flexibility index (Phi) is 4.24. The van der Waals surface area contributed by atoms with Crippen LogP contribution >= 0.6 is 15.9 Å². The Hall–Kier alpha value is -1.36. The molecule has 0 saturated heterocycles. The highest BCUT2D eigenvalue weighted by atomic mass is 79.9. The van der Waals surface area contributed by atoms with E-state index >= 15 is 0 Å². The number of halogens is 1. The molecular weight excluding hydrogens is 306 g/mol. The highest BCUT2D eigenvalue weighted by molar-refractivity contribution is 9.10. The molecule has 0 spiro atoms. The van der Waals surface area contributed by atoms with Crippen LogP contribution in [0.15, 0.2) is 21.1 Å². The number of benzene rings is 1. The van der Waals surface area contributed by atoms with Crippen molar-refractivity contribution in [1.82, 2.24) is 10.1 Å². The van der Waals surface area contributed by atoms with Crippen molar-refractivity contribution in [3.8, 4) is 0 Å². The zero-order valence-corrected chi connectivity index (χ0v) is 13.2. The molecule has 1 heterocycles. The summed E-state index contributed by atoms with van der Waals surface area (Å²) in [7, 11) is 0. The Labute approximate surface area is 121 Å². The molecule has 0 amide bonds. The lowest BCUT2D eigenvalue weighted by Gasteiger charge is -2.09. The first kappa shape index (κ1) is 14.1. The molecule has 2 rings (SSSR count). The number of aryl methyl sites for hydroxylation is 2. The standard InChI is InChI=1S/C14H18BrN3O/c1-8(2)14-17-13(19-18-14)7-16-12-6-11(15)9(3)5-10(12)4/h5-6,8,16H,7H2,1-4H3. The maximum Gasteiger partial charge on any atom is 0.245 e. The van der Waals surface area contributed by atoms with Crippen LogP contribution in [0.5, 0.6) is 0 Å². The average molecular weight is 324 g/mol. The molecule has 0 aliphatic carbocycles. The third kappa shape index (κ3) is 3.35. The molecule has 4 nitrogen and oxygen atoms in total. The number of aromatic nitrogens is 2. The van der Waals surface area contributed by atoms with Crippen molar-refractivity contribution in [2.45, 2.75) is 40.2 Å². The van der Waals surface area contributed by atoms with Gasteiger partial charge in [-0.1, -0.05) is 41.0 Å². The highest BCUT2D eigenvalue weighted by Gasteiger charge is 2.10. The van der Waals surface area contributed by atoms with Gasteiger partial charge in [-0.3, -0.25) is 0 Å². The summed E-state index contributed by atoms with van der Waals surface area (Å²) in [5.74, 6) is 1.64. The van der Waals surface area contributed by atoms with Gasteiger partial charge in [0.1, 0.15) is 0 Å². The van der Waals surface area contributed by atoms with Crippen LogP contribution in [0.1, 0.15) is 42.6 Å². The molecule has 19 heavy (non-hydrogen) atoms. The summed E-state index contributed by atoms with van der Waals surface area (Å²) in [5.41, 5.74) is 3.49. The summed E-state index contributed by atoms with van der Waals surface area (Å²) in [4.78, 5) is 4.34. The van der Waals surface area contributed by atoms with Gasteiger partial charge in [0.2, 0.25) is 5.89 Å². The summed E-state index contributed by atoms with van der Waals surface area (Å²) in [6, 6.07) is 4.21. The van der Waals surface area contributed by atoms with Gasteiger partial charge in [0, 0.05) is 16.1 Å². The molecule has 0 bridgehead atoms. The second-order valence-electron chi connectivity index (χ2n) is 4.97. The summed E-state index contributed by atoms with van der Waals surface area (Å²) >= 11 is 3.54. The fraction of sp³-hybridized carbons (Fsp3) is 0.429. The Bertz CT molecular complexity index is 578. The van der Waals surface area contributed by atoms with Crippen LogP contribution in [0.3, 0.4) is 0 Å². The summed E-state index contributed by atoms with van der Waals surface area (Å²) in [5, 5.41) is 7.27. The number of nitrogens with zero attached hydrogens (tertiary/aromatic N) is 2. The van der Waals surface area contributed by atoms with E-state index in [2.05, 4.69) is 57.4 Å². The van der Waals surface area contributed by atoms with Gasteiger partial charge in [-0.05, 0) is 31.0 Å². The number of hydrogen-bond donors (Lipinski definition) is 1. The van der Waals surface area contributed by atoms with Crippen molar-refractivity contribution in [3.63, 3.8) is 0 Å². The molecule has 1 aromatic carbocycles. The third-order valence-electron chi connectivity index (χ3n) is 2.94. The van der Waals surface area contributed by atoms with Crippen molar-refractivity contribution in [3.05, 3.63) is 39.4 Å². The van der Waals surface area contributed by atoms with E-state index in [-0.39, 0.29) is 5.92 Å². The van der Waals surface area contributed by atoms with E-state index in [1.807, 2.05) is 13.8 Å². The molecule has 0 fully saturated rings. The Balaban J connectivity index is 2.07. The van der Waals surface area contributed by atoms with Crippen molar-refractivity contribution in [1.29, 1.82) is 0 Å². The van der Waals surface area contributed by atoms with Crippen molar-refractivity contribution < 1.29 is 4.52 Å². The fourth-order valence-electron chi connectivity index (χ4n) is 1.76. The van der Waals surface area contributed by atoms with Crippen LogP contribution < -0.4 is 5.32 Å². The first-order chi connectivity index (χ1) is 8.97. The van der Waals surface area contributed by atoms with Gasteiger partial charge < -0.3 is 9.84 Å². The molecule has 0 unspecified atom stereocenters. The van der Waals surface area contributed by atoms with Gasteiger partial charge >= 0.3 is 0 Å². The van der Waals surface area contributed by atoms with E-state index in [0.717, 1.165) is 16.0 Å². The Morgan fingerprint density at radius 2 is 2.00 bits per heavy atom. The molecule has 102 valence electrons. The molecular formula is C14H18BrN3O. The van der Waals surface area contributed by atoms with Gasteiger partial charge in [0.25, 0.3) is 0 Å². The topological polar surface area (TPSA) is 51.0 Å². The van der Waals surface area contributed by atoms with Crippen LogP contribution in [-0.4, -0.2) is 10.1 Å². The van der Waals surface area contributed by atoms with Gasteiger partial charge in [-0.15, -0.1) is 0 Å². The predicted molar refractivity (Wildman–Crippen MR) is 79.3 cm³/mol. The lowest BCUT2D eigenvalue weighted by atomic mass is 10.1. The van der Waals surface area contributed by atoms with Crippen LogP contribution in [0.4, 0.5) is 5.69 Å². The largest absolute Gasteiger partial charge is 0.376 e. The van der Waals surface area contributed by atoms with E-state index < -0.39 is 0 Å². The third-order valence-corrected chi connectivity index (χ3v) is 3.79. The maximum absolute atomic E-state index is 5.21. The summed E-state index contributed by atoms with van der Waals surface area (Å²) in [6.45, 7) is 8.78. The molecule has 0 saturated carbocycles. The van der Waals surface area contributed by atoms with Gasteiger partial charge in [-0.2, -0.15) is 4.98 Å². The molecule has 0 radical (unpaired) electrons. The number of hydrogen-bond acceptors (Lipinski definition) is 4. The minimum absolute atomic E-state index is 0.285. The molecule has 5 heteroatoms. The van der Waals surface area contributed by atoms with E-state index in [1.165, 1.54) is 11.1 Å². The molecule has 2 aromatic rings. The van der Waals surface area contributed by atoms with Gasteiger partial charge in [0.05, 0.1) is 6.54 Å². The minimum atomic E-state index is 0.285. The molecule has 1 aromatic heterocycles. The zero-order valence-electron chi connectivity index (χ0n) is 11.6. The second-order valence-corrected chi connectivity index (χ2v) is 5.83. The van der Waals surface area contributed by atoms with E-state index in [9.17, 15) is 0 Å². The average Bonchev–Trinajstić information content (AvgIpc) is 2.81. The quantitative estimate of drug-likeness (QED) is 0.916. The van der Waals surface area contributed by atoms with Crippen LogP contribution in [0, 0.1) is 13.8 Å². The normalized spacial score (nSPS) is 11.1. The van der Waals surface area contributed by atoms with Crippen LogP contribution in [0.25, 0.3) is 0 Å². The Morgan fingerprint density at radius 1 is 1.26 bits per heavy atom.